The Bertz CT molecular complexity index is 1010. The smallest absolute Gasteiger partial charge is 0.315 e. The van der Waals surface area contributed by atoms with Gasteiger partial charge in [-0.15, -0.1) is 10.2 Å². The normalized spacial score (nSPS) is 14.7. The fourth-order valence-electron chi connectivity index (χ4n) is 3.88. The minimum Gasteiger partial charge on any atom is -0.490 e. The van der Waals surface area contributed by atoms with E-state index in [9.17, 15) is 4.79 Å². The summed E-state index contributed by atoms with van der Waals surface area (Å²) in [6.07, 6.45) is 5.21. The molecule has 2 N–H and O–H groups in total. The molecule has 2 amide bonds. The number of aromatic nitrogens is 3. The van der Waals surface area contributed by atoms with E-state index in [1.807, 2.05) is 38.1 Å². The lowest BCUT2D eigenvalue weighted by molar-refractivity contribution is 0.236. The van der Waals surface area contributed by atoms with Crippen molar-refractivity contribution >= 4 is 17.0 Å². The van der Waals surface area contributed by atoms with E-state index in [1.54, 1.807) is 0 Å². The summed E-state index contributed by atoms with van der Waals surface area (Å²) < 4.78 is 13.8. The number of furan rings is 1. The van der Waals surface area contributed by atoms with Crippen LogP contribution in [0.3, 0.4) is 0 Å². The van der Waals surface area contributed by atoms with Gasteiger partial charge in [0.25, 0.3) is 0 Å². The lowest BCUT2D eigenvalue weighted by Crippen LogP contribution is -2.38. The summed E-state index contributed by atoms with van der Waals surface area (Å²) in [7, 11) is 0. The van der Waals surface area contributed by atoms with Crippen LogP contribution in [0.4, 0.5) is 4.79 Å². The van der Waals surface area contributed by atoms with Gasteiger partial charge in [-0.3, -0.25) is 0 Å². The van der Waals surface area contributed by atoms with Crippen LogP contribution in [0.15, 0.2) is 28.7 Å². The second-order valence-electron chi connectivity index (χ2n) is 7.62. The monoisotopic (exact) mass is 411 g/mol. The number of urea groups is 1. The van der Waals surface area contributed by atoms with Crippen LogP contribution in [-0.2, 0) is 19.4 Å². The second-order valence-corrected chi connectivity index (χ2v) is 7.62. The number of carbonyl (C=O) groups excluding carboxylic acids is 1. The van der Waals surface area contributed by atoms with E-state index < -0.39 is 0 Å². The average Bonchev–Trinajstić information content (AvgIpc) is 3.26. The van der Waals surface area contributed by atoms with Crippen LogP contribution in [0.2, 0.25) is 0 Å². The lowest BCUT2D eigenvalue weighted by atomic mass is 10.2. The Hall–Kier alpha value is -3.03. The van der Waals surface area contributed by atoms with Crippen LogP contribution >= 0.6 is 0 Å². The van der Waals surface area contributed by atoms with Gasteiger partial charge in [0.05, 0.1) is 12.6 Å². The summed E-state index contributed by atoms with van der Waals surface area (Å²) >= 11 is 0. The van der Waals surface area contributed by atoms with Crippen molar-refractivity contribution in [2.45, 2.75) is 58.5 Å². The van der Waals surface area contributed by atoms with E-state index in [1.165, 1.54) is 12.8 Å². The highest BCUT2D eigenvalue weighted by Crippen LogP contribution is 2.31. The molecule has 0 saturated carbocycles. The zero-order chi connectivity index (χ0) is 20.9. The van der Waals surface area contributed by atoms with Crippen LogP contribution in [0.25, 0.3) is 11.0 Å². The van der Waals surface area contributed by atoms with Crippen molar-refractivity contribution in [2.75, 3.05) is 13.2 Å². The van der Waals surface area contributed by atoms with Crippen molar-refractivity contribution in [3.05, 3.63) is 41.7 Å². The van der Waals surface area contributed by atoms with Gasteiger partial charge in [-0.25, -0.2) is 4.79 Å². The van der Waals surface area contributed by atoms with Crippen molar-refractivity contribution in [3.8, 4) is 5.75 Å². The molecule has 8 nitrogen and oxygen atoms in total. The molecule has 0 bridgehead atoms. The van der Waals surface area contributed by atoms with Gasteiger partial charge in [0.15, 0.2) is 11.3 Å². The number of nitrogens with one attached hydrogen (secondary N) is 2. The number of carbonyl (C=O) groups is 1. The van der Waals surface area contributed by atoms with E-state index in [4.69, 9.17) is 9.15 Å². The molecule has 3 heterocycles. The molecule has 30 heavy (non-hydrogen) atoms. The zero-order valence-electron chi connectivity index (χ0n) is 17.6. The minimum atomic E-state index is -0.267. The van der Waals surface area contributed by atoms with Gasteiger partial charge >= 0.3 is 6.03 Å². The number of para-hydroxylation sites is 1. The maximum Gasteiger partial charge on any atom is 0.315 e. The largest absolute Gasteiger partial charge is 0.490 e. The average molecular weight is 412 g/mol. The van der Waals surface area contributed by atoms with Gasteiger partial charge in [-0.2, -0.15) is 0 Å². The molecule has 1 aliphatic rings. The lowest BCUT2D eigenvalue weighted by Gasteiger charge is -2.13. The molecule has 0 aliphatic carbocycles. The van der Waals surface area contributed by atoms with Gasteiger partial charge in [-0.1, -0.05) is 18.6 Å². The number of hydrogen-bond donors (Lipinski definition) is 2. The quantitative estimate of drug-likeness (QED) is 0.617. The standard InChI is InChI=1S/C22H29N5O3/c1-3-29-17-9-7-8-16-14-18(30-21(16)17)15(2)24-22(28)23-12-11-20-26-25-19-10-5-4-6-13-27(19)20/h7-9,14-15H,3-6,10-13H2,1-2H3,(H2,23,24,28). The Morgan fingerprint density at radius 3 is 3.07 bits per heavy atom. The molecule has 0 fully saturated rings. The number of rotatable bonds is 7. The fourth-order valence-corrected chi connectivity index (χ4v) is 3.88. The summed E-state index contributed by atoms with van der Waals surface area (Å²) in [4.78, 5) is 12.4. The fraction of sp³-hybridized carbons (Fsp3) is 0.500. The van der Waals surface area contributed by atoms with Crippen molar-refractivity contribution in [1.82, 2.24) is 25.4 Å². The predicted molar refractivity (Wildman–Crippen MR) is 114 cm³/mol. The van der Waals surface area contributed by atoms with E-state index in [0.717, 1.165) is 36.4 Å². The first kappa shape index (κ1) is 20.3. The Balaban J connectivity index is 1.32. The number of amides is 2. The van der Waals surface area contributed by atoms with Gasteiger partial charge in [-0.05, 0) is 38.8 Å². The van der Waals surface area contributed by atoms with Crippen LogP contribution in [0.5, 0.6) is 5.75 Å². The van der Waals surface area contributed by atoms with Crippen LogP contribution in [-0.4, -0.2) is 33.9 Å². The first-order chi connectivity index (χ1) is 14.7. The molecule has 1 aromatic carbocycles. The van der Waals surface area contributed by atoms with Gasteiger partial charge in [0.2, 0.25) is 0 Å². The maximum absolute atomic E-state index is 12.4. The molecule has 4 rings (SSSR count). The number of nitrogens with zero attached hydrogens (tertiary/aromatic N) is 3. The maximum atomic E-state index is 12.4. The molecule has 0 spiro atoms. The number of benzene rings is 1. The molecule has 1 aliphatic heterocycles. The van der Waals surface area contributed by atoms with Crippen molar-refractivity contribution in [1.29, 1.82) is 0 Å². The second kappa shape index (κ2) is 9.19. The molecule has 1 atom stereocenters. The van der Waals surface area contributed by atoms with Crippen LogP contribution in [0.1, 0.15) is 56.6 Å². The highest BCUT2D eigenvalue weighted by Gasteiger charge is 2.17. The third-order valence-electron chi connectivity index (χ3n) is 5.42. The first-order valence-electron chi connectivity index (χ1n) is 10.8. The van der Waals surface area contributed by atoms with Crippen molar-refractivity contribution in [3.63, 3.8) is 0 Å². The molecular formula is C22H29N5O3. The highest BCUT2D eigenvalue weighted by atomic mass is 16.5. The highest BCUT2D eigenvalue weighted by molar-refractivity contribution is 5.84. The van der Waals surface area contributed by atoms with E-state index >= 15 is 0 Å². The Morgan fingerprint density at radius 2 is 2.20 bits per heavy atom. The summed E-state index contributed by atoms with van der Waals surface area (Å²) in [6.45, 7) is 5.88. The summed E-state index contributed by atoms with van der Waals surface area (Å²) in [5.41, 5.74) is 0.705. The number of hydrogen-bond acceptors (Lipinski definition) is 5. The third kappa shape index (κ3) is 4.42. The number of ether oxygens (including phenoxy) is 1. The van der Waals surface area contributed by atoms with Crippen molar-refractivity contribution in [2.24, 2.45) is 0 Å². The molecule has 1 unspecified atom stereocenters. The summed E-state index contributed by atoms with van der Waals surface area (Å²) in [5.74, 6) is 3.42. The molecule has 0 saturated heterocycles. The topological polar surface area (TPSA) is 94.2 Å². The summed E-state index contributed by atoms with van der Waals surface area (Å²) in [5, 5.41) is 15.4. The van der Waals surface area contributed by atoms with E-state index in [0.29, 0.717) is 36.7 Å². The molecule has 3 aromatic rings. The molecule has 160 valence electrons. The SMILES string of the molecule is CCOc1cccc2cc(C(C)NC(=O)NCCc3nnc4n3CCCCC4)oc12. The first-order valence-corrected chi connectivity index (χ1v) is 10.8. The van der Waals surface area contributed by atoms with Crippen LogP contribution < -0.4 is 15.4 Å². The predicted octanol–water partition coefficient (Wildman–Crippen LogP) is 3.75. The Labute approximate surface area is 176 Å². The zero-order valence-corrected chi connectivity index (χ0v) is 17.6. The van der Waals surface area contributed by atoms with Gasteiger partial charge < -0.3 is 24.4 Å². The number of fused-ring (bicyclic) bond motifs is 2. The minimum absolute atomic E-state index is 0.233. The Morgan fingerprint density at radius 1 is 1.30 bits per heavy atom. The summed E-state index contributed by atoms with van der Waals surface area (Å²) in [6, 6.07) is 7.23. The molecule has 0 radical (unpaired) electrons. The van der Waals surface area contributed by atoms with E-state index in [-0.39, 0.29) is 12.1 Å². The van der Waals surface area contributed by atoms with Gasteiger partial charge in [0, 0.05) is 31.3 Å². The number of aryl methyl sites for hydroxylation is 1. The van der Waals surface area contributed by atoms with E-state index in [2.05, 4.69) is 25.4 Å². The third-order valence-corrected chi connectivity index (χ3v) is 5.42. The van der Waals surface area contributed by atoms with Crippen molar-refractivity contribution < 1.29 is 13.9 Å². The molecular weight excluding hydrogens is 382 g/mol. The van der Waals surface area contributed by atoms with Crippen LogP contribution in [0, 0.1) is 0 Å². The van der Waals surface area contributed by atoms with Gasteiger partial charge in [0.1, 0.15) is 17.4 Å². The molecule has 8 heteroatoms. The Kier molecular flexibility index (Phi) is 6.21. The molecule has 2 aromatic heterocycles.